The zero-order chi connectivity index (χ0) is 18.7. The van der Waals surface area contributed by atoms with Crippen LogP contribution in [0.2, 0.25) is 0 Å². The Hall–Kier alpha value is -0.870. The topological polar surface area (TPSA) is 41.6 Å². The second-order valence-corrected chi connectivity index (χ2v) is 9.13. The fourth-order valence-corrected chi connectivity index (χ4v) is 4.79. The van der Waals surface area contributed by atoms with E-state index in [2.05, 4.69) is 51.1 Å². The summed E-state index contributed by atoms with van der Waals surface area (Å²) in [5.41, 5.74) is 1.26. The third-order valence-corrected chi connectivity index (χ3v) is 5.52. The van der Waals surface area contributed by atoms with Crippen LogP contribution in [0.15, 0.2) is 11.6 Å². The van der Waals surface area contributed by atoms with E-state index in [1.54, 1.807) is 6.92 Å². The molecule has 2 rings (SSSR count). The van der Waals surface area contributed by atoms with E-state index in [4.69, 9.17) is 4.84 Å². The second-order valence-electron chi connectivity index (χ2n) is 9.13. The molecule has 1 unspecified atom stereocenters. The third kappa shape index (κ3) is 5.30. The van der Waals surface area contributed by atoms with Gasteiger partial charge in [0.2, 0.25) is 5.91 Å². The number of hydrogen-bond acceptors (Lipinski definition) is 3. The first-order valence-electron chi connectivity index (χ1n) is 10.1. The van der Waals surface area contributed by atoms with Crippen LogP contribution >= 0.6 is 0 Å². The Labute approximate surface area is 154 Å². The van der Waals surface area contributed by atoms with Crippen molar-refractivity contribution in [2.75, 3.05) is 0 Å². The molecule has 1 aliphatic heterocycles. The van der Waals surface area contributed by atoms with Crippen molar-refractivity contribution >= 4 is 5.91 Å². The summed E-state index contributed by atoms with van der Waals surface area (Å²) in [6.07, 6.45) is 11.6. The molecule has 4 nitrogen and oxygen atoms in total. The molecule has 0 bridgehead atoms. The maximum absolute atomic E-state index is 11.5. The van der Waals surface area contributed by atoms with E-state index >= 15 is 0 Å². The predicted octanol–water partition coefficient (Wildman–Crippen LogP) is 4.74. The number of allylic oxidation sites excluding steroid dienone is 1. The highest BCUT2D eigenvalue weighted by Crippen LogP contribution is 2.40. The minimum absolute atomic E-state index is 0.0576. The average molecular weight is 351 g/mol. The minimum Gasteiger partial charge on any atom is -0.353 e. The van der Waals surface area contributed by atoms with E-state index in [-0.39, 0.29) is 29.1 Å². The molecule has 2 aliphatic rings. The van der Waals surface area contributed by atoms with Crippen LogP contribution in [0, 0.1) is 0 Å². The Bertz CT molecular complexity index is 478. The molecular weight excluding hydrogens is 312 g/mol. The molecule has 1 aliphatic carbocycles. The third-order valence-electron chi connectivity index (χ3n) is 5.52. The highest BCUT2D eigenvalue weighted by atomic mass is 16.7. The van der Waals surface area contributed by atoms with E-state index in [0.29, 0.717) is 0 Å². The Kier molecular flexibility index (Phi) is 6.72. The quantitative estimate of drug-likeness (QED) is 0.703. The number of rotatable bonds is 6. The van der Waals surface area contributed by atoms with Crippen molar-refractivity contribution in [1.29, 1.82) is 0 Å². The first kappa shape index (κ1) is 20.4. The number of nitrogens with one attached hydrogen (secondary N) is 1. The van der Waals surface area contributed by atoms with E-state index in [9.17, 15) is 4.79 Å². The fraction of sp³-hybridized carbons (Fsp3) is 0.857. The first-order chi connectivity index (χ1) is 11.7. The molecule has 25 heavy (non-hydrogen) atoms. The highest BCUT2D eigenvalue weighted by molar-refractivity contribution is 5.73. The summed E-state index contributed by atoms with van der Waals surface area (Å²) < 4.78 is 0. The van der Waals surface area contributed by atoms with Crippen molar-refractivity contribution in [3.8, 4) is 0 Å². The predicted molar refractivity (Wildman–Crippen MR) is 103 cm³/mol. The van der Waals surface area contributed by atoms with Gasteiger partial charge in [0.15, 0.2) is 0 Å². The summed E-state index contributed by atoms with van der Waals surface area (Å²) in [4.78, 5) is 18.2. The van der Waals surface area contributed by atoms with Gasteiger partial charge in [-0.3, -0.25) is 9.63 Å². The van der Waals surface area contributed by atoms with Gasteiger partial charge in [-0.2, -0.15) is 5.06 Å². The van der Waals surface area contributed by atoms with E-state index < -0.39 is 0 Å². The van der Waals surface area contributed by atoms with Crippen LogP contribution in [0.4, 0.5) is 0 Å². The van der Waals surface area contributed by atoms with Crippen molar-refractivity contribution in [3.05, 3.63) is 11.6 Å². The SMILES string of the molecule is CCCC(ON1C(C)(C)CC(NC(C)=O)CC1(C)C)C1=CCCCC1. The number of carbonyl (C=O) groups excluding carboxylic acids is 1. The number of amides is 1. The van der Waals surface area contributed by atoms with Gasteiger partial charge in [0, 0.05) is 24.0 Å². The van der Waals surface area contributed by atoms with Gasteiger partial charge < -0.3 is 5.32 Å². The number of carbonyl (C=O) groups is 1. The van der Waals surface area contributed by atoms with Crippen LogP contribution in [-0.4, -0.2) is 34.2 Å². The Morgan fingerprint density at radius 3 is 2.40 bits per heavy atom. The van der Waals surface area contributed by atoms with Gasteiger partial charge in [-0.25, -0.2) is 0 Å². The fourth-order valence-electron chi connectivity index (χ4n) is 4.79. The van der Waals surface area contributed by atoms with Crippen LogP contribution in [-0.2, 0) is 9.63 Å². The lowest BCUT2D eigenvalue weighted by atomic mass is 9.79. The van der Waals surface area contributed by atoms with Crippen molar-refractivity contribution in [1.82, 2.24) is 10.4 Å². The molecule has 1 atom stereocenters. The Morgan fingerprint density at radius 2 is 1.92 bits per heavy atom. The van der Waals surface area contributed by atoms with Crippen LogP contribution in [0.5, 0.6) is 0 Å². The van der Waals surface area contributed by atoms with Gasteiger partial charge in [0.05, 0.1) is 0 Å². The average Bonchev–Trinajstić information content (AvgIpc) is 2.49. The van der Waals surface area contributed by atoms with Gasteiger partial charge >= 0.3 is 0 Å². The molecule has 0 aromatic heterocycles. The molecule has 1 saturated heterocycles. The van der Waals surface area contributed by atoms with Crippen molar-refractivity contribution in [2.45, 2.75) is 116 Å². The van der Waals surface area contributed by atoms with E-state index in [1.165, 1.54) is 31.3 Å². The summed E-state index contributed by atoms with van der Waals surface area (Å²) in [7, 11) is 0. The maximum atomic E-state index is 11.5. The zero-order valence-electron chi connectivity index (χ0n) is 17.2. The van der Waals surface area contributed by atoms with Gasteiger partial charge in [0.25, 0.3) is 0 Å². The lowest BCUT2D eigenvalue weighted by Crippen LogP contribution is -2.64. The van der Waals surface area contributed by atoms with Crippen molar-refractivity contribution in [2.24, 2.45) is 0 Å². The van der Waals surface area contributed by atoms with Crippen LogP contribution in [0.1, 0.15) is 92.9 Å². The Morgan fingerprint density at radius 1 is 1.28 bits per heavy atom. The van der Waals surface area contributed by atoms with Crippen molar-refractivity contribution in [3.63, 3.8) is 0 Å². The molecule has 1 amide bonds. The monoisotopic (exact) mass is 350 g/mol. The molecule has 1 N–H and O–H groups in total. The molecule has 0 aromatic rings. The normalized spacial score (nSPS) is 25.3. The van der Waals surface area contributed by atoms with Crippen LogP contribution < -0.4 is 5.32 Å². The molecule has 0 aromatic carbocycles. The summed E-state index contributed by atoms with van der Waals surface area (Å²) in [5, 5.41) is 5.37. The molecule has 0 radical (unpaired) electrons. The summed E-state index contributed by atoms with van der Waals surface area (Å²) in [6, 6.07) is 0.209. The standard InChI is InChI=1S/C21H38N2O2/c1-7-11-19(17-12-9-8-10-13-17)25-23-20(3,4)14-18(22-16(2)24)15-21(23,5)6/h12,18-19H,7-11,13-15H2,1-6H3,(H,22,24). The van der Waals surface area contributed by atoms with Gasteiger partial charge in [-0.05, 0) is 78.2 Å². The van der Waals surface area contributed by atoms with Crippen molar-refractivity contribution < 1.29 is 9.63 Å². The maximum Gasteiger partial charge on any atom is 0.217 e. The number of hydroxylamine groups is 2. The lowest BCUT2D eigenvalue weighted by Gasteiger charge is -2.55. The largest absolute Gasteiger partial charge is 0.353 e. The summed E-state index contributed by atoms with van der Waals surface area (Å²) in [6.45, 7) is 12.8. The van der Waals surface area contributed by atoms with Gasteiger partial charge in [-0.15, -0.1) is 0 Å². The molecule has 0 saturated carbocycles. The van der Waals surface area contributed by atoms with E-state index in [1.807, 2.05) is 0 Å². The van der Waals surface area contributed by atoms with Gasteiger partial charge in [0.1, 0.15) is 6.10 Å². The zero-order valence-corrected chi connectivity index (χ0v) is 17.2. The molecule has 1 heterocycles. The van der Waals surface area contributed by atoms with E-state index in [0.717, 1.165) is 25.7 Å². The Balaban J connectivity index is 2.17. The summed E-state index contributed by atoms with van der Waals surface area (Å²) in [5.74, 6) is 0.0576. The lowest BCUT2D eigenvalue weighted by molar-refractivity contribution is -0.302. The smallest absolute Gasteiger partial charge is 0.217 e. The van der Waals surface area contributed by atoms with Gasteiger partial charge in [-0.1, -0.05) is 19.4 Å². The second kappa shape index (κ2) is 8.22. The van der Waals surface area contributed by atoms with Crippen LogP contribution in [0.3, 0.4) is 0 Å². The van der Waals surface area contributed by atoms with Crippen LogP contribution in [0.25, 0.3) is 0 Å². The summed E-state index contributed by atoms with van der Waals surface area (Å²) >= 11 is 0. The molecule has 4 heteroatoms. The number of hydrogen-bond donors (Lipinski definition) is 1. The number of nitrogens with zero attached hydrogens (tertiary/aromatic N) is 1. The molecular formula is C21H38N2O2. The molecule has 0 spiro atoms. The minimum atomic E-state index is -0.115. The first-order valence-corrected chi connectivity index (χ1v) is 10.1. The molecule has 144 valence electrons. The molecule has 1 fully saturated rings. The highest BCUT2D eigenvalue weighted by Gasteiger charge is 2.47. The number of piperidine rings is 1.